The molecule has 1 aromatic heterocycles. The van der Waals surface area contributed by atoms with Gasteiger partial charge in [-0.3, -0.25) is 4.79 Å². The van der Waals surface area contributed by atoms with Crippen LogP contribution in [-0.4, -0.2) is 40.4 Å². The summed E-state index contributed by atoms with van der Waals surface area (Å²) in [6.07, 6.45) is 4.12. The fourth-order valence-electron chi connectivity index (χ4n) is 2.93. The minimum atomic E-state index is 0.245. The van der Waals surface area contributed by atoms with Gasteiger partial charge in [-0.15, -0.1) is 0 Å². The van der Waals surface area contributed by atoms with Crippen molar-refractivity contribution in [3.05, 3.63) is 34.1 Å². The van der Waals surface area contributed by atoms with Gasteiger partial charge in [0.1, 0.15) is 11.6 Å². The molecule has 1 aromatic rings. The minimum absolute atomic E-state index is 0.245. The van der Waals surface area contributed by atoms with Crippen molar-refractivity contribution in [2.45, 2.75) is 33.1 Å². The molecule has 0 atom stereocenters. The van der Waals surface area contributed by atoms with E-state index in [1.54, 1.807) is 12.3 Å². The topological polar surface area (TPSA) is 93.9 Å². The number of hydrogen-bond acceptors (Lipinski definition) is 7. The largest absolute Gasteiger partial charge is 0.354 e. The monoisotopic (exact) mass is 384 g/mol. The number of amides is 1. The number of carbonyl (C=O) groups excluding carboxylic acids is 1. The molecule has 3 heterocycles. The number of likely N-dealkylation sites (tertiary alicyclic amines) is 1. The quantitative estimate of drug-likeness (QED) is 0.551. The Morgan fingerprint density at radius 2 is 2.37 bits per heavy atom. The molecule has 1 saturated heterocycles. The Hall–Kier alpha value is -2.53. The van der Waals surface area contributed by atoms with Gasteiger partial charge in [-0.05, 0) is 30.2 Å². The van der Waals surface area contributed by atoms with Crippen LogP contribution in [0, 0.1) is 17.2 Å². The maximum absolute atomic E-state index is 11.6. The van der Waals surface area contributed by atoms with Gasteiger partial charge in [-0.2, -0.15) is 5.26 Å². The normalized spacial score (nSPS) is 18.4. The van der Waals surface area contributed by atoms with Gasteiger partial charge in [-0.25, -0.2) is 9.97 Å². The summed E-state index contributed by atoms with van der Waals surface area (Å²) in [6, 6.07) is 4.00. The van der Waals surface area contributed by atoms with E-state index < -0.39 is 0 Å². The van der Waals surface area contributed by atoms with Crippen molar-refractivity contribution in [1.82, 2.24) is 20.2 Å². The van der Waals surface area contributed by atoms with Gasteiger partial charge in [0.25, 0.3) is 0 Å². The maximum Gasteiger partial charge on any atom is 0.223 e. The number of hydrogen-bond donors (Lipinski definition) is 2. The van der Waals surface area contributed by atoms with Crippen molar-refractivity contribution in [3.63, 3.8) is 0 Å². The smallest absolute Gasteiger partial charge is 0.223 e. The third-order valence-electron chi connectivity index (χ3n) is 4.49. The van der Waals surface area contributed by atoms with Crippen LogP contribution in [0.2, 0.25) is 0 Å². The van der Waals surface area contributed by atoms with Crippen LogP contribution in [0.4, 0.5) is 5.95 Å². The van der Waals surface area contributed by atoms with E-state index >= 15 is 0 Å². The molecule has 1 fully saturated rings. The highest BCUT2D eigenvalue weighted by Crippen LogP contribution is 2.33. The average molecular weight is 385 g/mol. The molecule has 7 nitrogen and oxygen atoms in total. The van der Waals surface area contributed by atoms with E-state index in [-0.39, 0.29) is 5.91 Å². The van der Waals surface area contributed by atoms with Gasteiger partial charge < -0.3 is 15.5 Å². The van der Waals surface area contributed by atoms with E-state index in [0.717, 1.165) is 36.7 Å². The summed E-state index contributed by atoms with van der Waals surface area (Å²) in [5.41, 5.74) is 2.21. The molecule has 3 rings (SSSR count). The van der Waals surface area contributed by atoms with E-state index in [1.807, 2.05) is 10.3 Å². The van der Waals surface area contributed by atoms with Gasteiger partial charge in [0, 0.05) is 37.9 Å². The summed E-state index contributed by atoms with van der Waals surface area (Å²) in [6.45, 7) is 6.51. The highest BCUT2D eigenvalue weighted by atomic mass is 32.2. The lowest BCUT2D eigenvalue weighted by molar-refractivity contribution is -0.127. The summed E-state index contributed by atoms with van der Waals surface area (Å²) in [7, 11) is 0. The second-order valence-electron chi connectivity index (χ2n) is 6.82. The average Bonchev–Trinajstić information content (AvgIpc) is 3.30. The van der Waals surface area contributed by atoms with Crippen molar-refractivity contribution in [2.75, 3.05) is 25.0 Å². The zero-order valence-corrected chi connectivity index (χ0v) is 16.5. The predicted molar refractivity (Wildman–Crippen MR) is 107 cm³/mol. The Morgan fingerprint density at radius 1 is 1.52 bits per heavy atom. The second kappa shape index (κ2) is 8.91. The Bertz CT molecular complexity index is 811. The number of aromatic nitrogens is 2. The molecule has 2 aliphatic rings. The lowest BCUT2D eigenvalue weighted by atomic mass is 10.1. The Labute approximate surface area is 163 Å². The van der Waals surface area contributed by atoms with Gasteiger partial charge >= 0.3 is 0 Å². The molecule has 0 aromatic carbocycles. The molecule has 0 spiro atoms. The zero-order chi connectivity index (χ0) is 19.2. The third-order valence-corrected chi connectivity index (χ3v) is 5.41. The fraction of sp³-hybridized carbons (Fsp3) is 0.474. The van der Waals surface area contributed by atoms with E-state index in [2.05, 4.69) is 40.5 Å². The van der Waals surface area contributed by atoms with Crippen LogP contribution in [-0.2, 0) is 4.79 Å². The molecule has 8 heteroatoms. The second-order valence-corrected chi connectivity index (χ2v) is 7.70. The standard InChI is InChI=1S/C19H24N6OS/c1-13(2)16-12-27-18(23-16)14(11-20)15-6-8-22-19(24-15)21-7-4-10-25-9-3-5-17(25)26/h6,8,12-13,23H,3-5,7,9-10H2,1-2H3,(H,21,22,24)/b18-14+. The number of nitrogens with one attached hydrogen (secondary N) is 2. The molecular weight excluding hydrogens is 360 g/mol. The molecule has 27 heavy (non-hydrogen) atoms. The number of thioether (sulfide) groups is 1. The summed E-state index contributed by atoms with van der Waals surface area (Å²) >= 11 is 1.51. The van der Waals surface area contributed by atoms with Crippen LogP contribution in [0.1, 0.15) is 38.8 Å². The zero-order valence-electron chi connectivity index (χ0n) is 15.7. The first-order valence-electron chi connectivity index (χ1n) is 9.21. The molecule has 0 bridgehead atoms. The van der Waals surface area contributed by atoms with Crippen molar-refractivity contribution in [1.29, 1.82) is 5.26 Å². The highest BCUT2D eigenvalue weighted by molar-refractivity contribution is 8.06. The van der Waals surface area contributed by atoms with Gasteiger partial charge in [-0.1, -0.05) is 25.6 Å². The number of allylic oxidation sites excluding steroid dienone is 2. The number of anilines is 1. The van der Waals surface area contributed by atoms with Crippen LogP contribution in [0.5, 0.6) is 0 Å². The van der Waals surface area contributed by atoms with Crippen LogP contribution in [0.25, 0.3) is 5.57 Å². The van der Waals surface area contributed by atoms with Crippen LogP contribution < -0.4 is 10.6 Å². The molecule has 0 radical (unpaired) electrons. The molecule has 2 aliphatic heterocycles. The first kappa shape index (κ1) is 19.2. The van der Waals surface area contributed by atoms with E-state index in [9.17, 15) is 10.1 Å². The minimum Gasteiger partial charge on any atom is -0.354 e. The van der Waals surface area contributed by atoms with Crippen LogP contribution in [0.15, 0.2) is 28.4 Å². The van der Waals surface area contributed by atoms with Crippen molar-refractivity contribution >= 4 is 29.2 Å². The van der Waals surface area contributed by atoms with Gasteiger partial charge in [0.05, 0.1) is 10.7 Å². The first-order valence-corrected chi connectivity index (χ1v) is 10.1. The molecule has 0 aliphatic carbocycles. The SMILES string of the molecule is CC(C)C1=CS/C(=C(\C#N)c2ccnc(NCCCN3CCCC3=O)n2)N1. The molecule has 1 amide bonds. The molecule has 0 saturated carbocycles. The fourth-order valence-corrected chi connectivity index (χ4v) is 3.95. The summed E-state index contributed by atoms with van der Waals surface area (Å²) in [5, 5.41) is 19.0. The number of nitriles is 1. The molecule has 2 N–H and O–H groups in total. The Kier molecular flexibility index (Phi) is 6.35. The lowest BCUT2D eigenvalue weighted by Crippen LogP contribution is -2.27. The maximum atomic E-state index is 11.6. The molecule has 0 unspecified atom stereocenters. The van der Waals surface area contributed by atoms with Crippen LogP contribution in [0.3, 0.4) is 0 Å². The number of rotatable bonds is 7. The van der Waals surface area contributed by atoms with Crippen molar-refractivity contribution in [3.8, 4) is 6.07 Å². The van der Waals surface area contributed by atoms with Gasteiger partial charge in [0.2, 0.25) is 11.9 Å². The molecular formula is C19H24N6OS. The third kappa shape index (κ3) is 4.80. The van der Waals surface area contributed by atoms with E-state index in [4.69, 9.17) is 0 Å². The Balaban J connectivity index is 1.59. The highest BCUT2D eigenvalue weighted by Gasteiger charge is 2.20. The number of carbonyl (C=O) groups is 1. The lowest BCUT2D eigenvalue weighted by Gasteiger charge is -2.15. The van der Waals surface area contributed by atoms with Gasteiger partial charge in [0.15, 0.2) is 0 Å². The van der Waals surface area contributed by atoms with E-state index in [1.165, 1.54) is 11.8 Å². The van der Waals surface area contributed by atoms with Crippen molar-refractivity contribution < 1.29 is 4.79 Å². The summed E-state index contributed by atoms with van der Waals surface area (Å²) in [5.74, 6) is 1.11. The van der Waals surface area contributed by atoms with E-state index in [0.29, 0.717) is 36.1 Å². The van der Waals surface area contributed by atoms with Crippen LogP contribution >= 0.6 is 11.8 Å². The predicted octanol–water partition coefficient (Wildman–Crippen LogP) is 2.93. The Morgan fingerprint density at radius 3 is 3.04 bits per heavy atom. The number of nitrogens with zero attached hydrogens (tertiary/aromatic N) is 4. The summed E-state index contributed by atoms with van der Waals surface area (Å²) in [4.78, 5) is 22.2. The summed E-state index contributed by atoms with van der Waals surface area (Å²) < 4.78 is 0. The first-order chi connectivity index (χ1) is 13.1. The van der Waals surface area contributed by atoms with Crippen molar-refractivity contribution in [2.24, 2.45) is 5.92 Å². The molecule has 142 valence electrons.